The van der Waals surface area contributed by atoms with Crippen molar-refractivity contribution in [2.24, 2.45) is 4.99 Å². The number of hydrogen-bond acceptors (Lipinski definition) is 7. The number of aromatic nitrogens is 1. The summed E-state index contributed by atoms with van der Waals surface area (Å²) in [6, 6.07) is 10.3. The average molecular weight is 442 g/mol. The molecule has 10 nitrogen and oxygen atoms in total. The lowest BCUT2D eigenvalue weighted by atomic mass is 10.2. The van der Waals surface area contributed by atoms with Gasteiger partial charge in [-0.3, -0.25) is 25.0 Å². The van der Waals surface area contributed by atoms with Crippen LogP contribution in [0.1, 0.15) is 12.5 Å². The van der Waals surface area contributed by atoms with Gasteiger partial charge in [-0.2, -0.15) is 4.99 Å². The number of hydrogen-bond donors (Lipinski definition) is 0. The normalized spacial score (nSPS) is 12.0. The van der Waals surface area contributed by atoms with Gasteiger partial charge < -0.3 is 9.30 Å². The molecule has 3 aromatic rings. The molecule has 0 spiro atoms. The van der Waals surface area contributed by atoms with Gasteiger partial charge in [-0.05, 0) is 24.6 Å². The lowest BCUT2D eigenvalue weighted by Crippen LogP contribution is -2.19. The van der Waals surface area contributed by atoms with E-state index in [-0.39, 0.29) is 11.4 Å². The van der Waals surface area contributed by atoms with Crippen LogP contribution < -0.4 is 4.80 Å². The fourth-order valence-electron chi connectivity index (χ4n) is 2.82. The molecule has 1 amide bonds. The summed E-state index contributed by atoms with van der Waals surface area (Å²) in [6.07, 6.45) is 2.67. The van der Waals surface area contributed by atoms with E-state index in [1.807, 2.05) is 6.92 Å². The van der Waals surface area contributed by atoms with E-state index in [0.29, 0.717) is 40.3 Å². The number of amides is 1. The van der Waals surface area contributed by atoms with E-state index in [9.17, 15) is 25.0 Å². The molecule has 0 N–H and O–H groups in total. The van der Waals surface area contributed by atoms with Crippen LogP contribution in [-0.4, -0.2) is 33.5 Å². The Bertz CT molecular complexity index is 1240. The fraction of sp³-hybridized carbons (Fsp3) is 0.200. The van der Waals surface area contributed by atoms with Gasteiger partial charge in [0.1, 0.15) is 0 Å². The van der Waals surface area contributed by atoms with Gasteiger partial charge in [0.05, 0.1) is 26.7 Å². The molecular weight excluding hydrogens is 424 g/mol. The first-order valence-electron chi connectivity index (χ1n) is 9.26. The van der Waals surface area contributed by atoms with E-state index >= 15 is 0 Å². The molecule has 0 fully saturated rings. The van der Waals surface area contributed by atoms with Crippen molar-refractivity contribution in [2.75, 3.05) is 13.2 Å². The summed E-state index contributed by atoms with van der Waals surface area (Å²) in [4.78, 5) is 37.8. The first kappa shape index (κ1) is 22.0. The SMILES string of the molecule is CCOCCn1c(=NC(=O)C=Cc2cccc([N+](=O)[O-])c2)sc2cc([N+](=O)[O-])ccc21. The van der Waals surface area contributed by atoms with Crippen molar-refractivity contribution in [1.82, 2.24) is 4.57 Å². The summed E-state index contributed by atoms with van der Waals surface area (Å²) >= 11 is 1.16. The summed E-state index contributed by atoms with van der Waals surface area (Å²) < 4.78 is 7.79. The van der Waals surface area contributed by atoms with Crippen molar-refractivity contribution in [3.63, 3.8) is 0 Å². The summed E-state index contributed by atoms with van der Waals surface area (Å²) in [6.45, 7) is 3.22. The van der Waals surface area contributed by atoms with Crippen molar-refractivity contribution >= 4 is 44.9 Å². The zero-order valence-electron chi connectivity index (χ0n) is 16.5. The maximum Gasteiger partial charge on any atom is 0.272 e. The quantitative estimate of drug-likeness (QED) is 0.226. The van der Waals surface area contributed by atoms with Crippen LogP contribution in [0.5, 0.6) is 0 Å². The molecule has 0 unspecified atom stereocenters. The minimum atomic E-state index is -0.558. The Morgan fingerprint density at radius 3 is 2.61 bits per heavy atom. The van der Waals surface area contributed by atoms with Crippen LogP contribution in [-0.2, 0) is 16.1 Å². The Labute approximate surface area is 180 Å². The average Bonchev–Trinajstić information content (AvgIpc) is 3.08. The minimum Gasteiger partial charge on any atom is -0.380 e. The van der Waals surface area contributed by atoms with Gasteiger partial charge in [-0.25, -0.2) is 0 Å². The van der Waals surface area contributed by atoms with Crippen molar-refractivity contribution in [1.29, 1.82) is 0 Å². The topological polar surface area (TPSA) is 130 Å². The number of non-ortho nitro benzene ring substituents is 2. The number of carbonyl (C=O) groups is 1. The molecule has 0 aliphatic carbocycles. The second-order valence-corrected chi connectivity index (χ2v) is 7.29. The van der Waals surface area contributed by atoms with Crippen molar-refractivity contribution < 1.29 is 19.4 Å². The number of nitro benzene ring substituents is 2. The highest BCUT2D eigenvalue weighted by atomic mass is 32.1. The maximum atomic E-state index is 12.4. The zero-order valence-corrected chi connectivity index (χ0v) is 17.3. The maximum absolute atomic E-state index is 12.4. The van der Waals surface area contributed by atoms with E-state index in [1.54, 1.807) is 16.7 Å². The first-order chi connectivity index (χ1) is 14.9. The van der Waals surface area contributed by atoms with Gasteiger partial charge in [0, 0.05) is 43.5 Å². The largest absolute Gasteiger partial charge is 0.380 e. The Morgan fingerprint density at radius 2 is 1.90 bits per heavy atom. The third-order valence-electron chi connectivity index (χ3n) is 4.25. The molecule has 0 bridgehead atoms. The van der Waals surface area contributed by atoms with Crippen LogP contribution in [0.15, 0.2) is 53.5 Å². The number of ether oxygens (including phenoxy) is 1. The van der Waals surface area contributed by atoms with Gasteiger partial charge in [-0.1, -0.05) is 23.5 Å². The summed E-state index contributed by atoms with van der Waals surface area (Å²) in [7, 11) is 0. The lowest BCUT2D eigenvalue weighted by Gasteiger charge is -2.05. The standard InChI is InChI=1S/C20H18N4O6S/c1-2-30-11-10-22-17-8-7-16(24(28)29)13-18(17)31-20(22)21-19(25)9-6-14-4-3-5-15(12-14)23(26)27/h3-9,12-13H,2,10-11H2,1H3. The molecule has 0 aliphatic heterocycles. The molecule has 0 aliphatic rings. The third kappa shape index (κ3) is 5.47. The molecule has 1 aromatic heterocycles. The highest BCUT2D eigenvalue weighted by molar-refractivity contribution is 7.16. The zero-order chi connectivity index (χ0) is 22.4. The first-order valence-corrected chi connectivity index (χ1v) is 10.1. The number of fused-ring (bicyclic) bond motifs is 1. The second kappa shape index (κ2) is 9.87. The Balaban J connectivity index is 1.95. The monoisotopic (exact) mass is 442 g/mol. The van der Waals surface area contributed by atoms with Crippen LogP contribution in [0.3, 0.4) is 0 Å². The Hall–Kier alpha value is -3.70. The van der Waals surface area contributed by atoms with Crippen LogP contribution in [0, 0.1) is 20.2 Å². The van der Waals surface area contributed by atoms with E-state index in [1.165, 1.54) is 42.5 Å². The van der Waals surface area contributed by atoms with Gasteiger partial charge in [0.2, 0.25) is 0 Å². The number of carbonyl (C=O) groups excluding carboxylic acids is 1. The molecule has 0 saturated heterocycles. The molecular formula is C20H18N4O6S. The van der Waals surface area contributed by atoms with Crippen molar-refractivity contribution in [3.8, 4) is 0 Å². The van der Waals surface area contributed by atoms with Gasteiger partial charge in [0.25, 0.3) is 17.3 Å². The van der Waals surface area contributed by atoms with Gasteiger partial charge in [-0.15, -0.1) is 0 Å². The summed E-state index contributed by atoms with van der Waals surface area (Å²) in [5.41, 5.74) is 1.08. The molecule has 160 valence electrons. The molecule has 2 aromatic carbocycles. The molecule has 0 saturated carbocycles. The fourth-order valence-corrected chi connectivity index (χ4v) is 3.91. The number of nitrogens with zero attached hydrogens (tertiary/aromatic N) is 4. The highest BCUT2D eigenvalue weighted by Crippen LogP contribution is 2.23. The summed E-state index contributed by atoms with van der Waals surface area (Å²) in [5.74, 6) is -0.558. The molecule has 31 heavy (non-hydrogen) atoms. The third-order valence-corrected chi connectivity index (χ3v) is 5.29. The molecule has 1 heterocycles. The van der Waals surface area contributed by atoms with Crippen LogP contribution in [0.2, 0.25) is 0 Å². The predicted octanol–water partition coefficient (Wildman–Crippen LogP) is 3.70. The van der Waals surface area contributed by atoms with Crippen molar-refractivity contribution in [2.45, 2.75) is 13.5 Å². The molecule has 11 heteroatoms. The number of rotatable bonds is 8. The van der Waals surface area contributed by atoms with Crippen LogP contribution >= 0.6 is 11.3 Å². The molecule has 0 radical (unpaired) electrons. The Morgan fingerprint density at radius 1 is 1.16 bits per heavy atom. The van der Waals surface area contributed by atoms with Gasteiger partial charge >= 0.3 is 0 Å². The molecule has 3 rings (SSSR count). The number of thiazole rings is 1. The highest BCUT2D eigenvalue weighted by Gasteiger charge is 2.12. The second-order valence-electron chi connectivity index (χ2n) is 6.28. The minimum absolute atomic E-state index is 0.0471. The number of nitro groups is 2. The van der Waals surface area contributed by atoms with Gasteiger partial charge in [0.15, 0.2) is 4.80 Å². The van der Waals surface area contributed by atoms with Crippen LogP contribution in [0.25, 0.3) is 16.3 Å². The smallest absolute Gasteiger partial charge is 0.272 e. The lowest BCUT2D eigenvalue weighted by molar-refractivity contribution is -0.385. The summed E-state index contributed by atoms with van der Waals surface area (Å²) in [5, 5.41) is 21.9. The van der Waals surface area contributed by atoms with E-state index < -0.39 is 15.8 Å². The predicted molar refractivity (Wildman–Crippen MR) is 116 cm³/mol. The van der Waals surface area contributed by atoms with E-state index in [2.05, 4.69) is 4.99 Å². The van der Waals surface area contributed by atoms with E-state index in [0.717, 1.165) is 11.3 Å². The van der Waals surface area contributed by atoms with E-state index in [4.69, 9.17) is 4.74 Å². The molecule has 0 atom stereocenters. The van der Waals surface area contributed by atoms with Crippen molar-refractivity contribution in [3.05, 3.63) is 79.1 Å². The van der Waals surface area contributed by atoms with Crippen LogP contribution in [0.4, 0.5) is 11.4 Å². The number of benzene rings is 2. The Kier molecular flexibility index (Phi) is 7.00.